The van der Waals surface area contributed by atoms with Crippen LogP contribution in [0.25, 0.3) is 10.9 Å². The van der Waals surface area contributed by atoms with Gasteiger partial charge in [0, 0.05) is 51.8 Å². The third kappa shape index (κ3) is 4.27. The Labute approximate surface area is 216 Å². The zero-order valence-corrected chi connectivity index (χ0v) is 20.8. The standard InChI is InChI=1S/C31H27N5O/c1-3-26-20(2)33-29-10-5-4-9-28(29)30(26)35-24-11-12-27-21(17-24)19-36(31(27)37)25-8-6-7-23(18-25)34-22-13-15-32-16-14-22/h4-18H,3,19H2,1-2H3,(H,32,34)(H,33,35). The average Bonchev–Trinajstić information content (AvgIpc) is 3.25. The zero-order valence-electron chi connectivity index (χ0n) is 20.8. The van der Waals surface area contributed by atoms with Gasteiger partial charge in [0.2, 0.25) is 0 Å². The molecule has 2 N–H and O–H groups in total. The van der Waals surface area contributed by atoms with Crippen molar-refractivity contribution < 1.29 is 4.79 Å². The van der Waals surface area contributed by atoms with Crippen LogP contribution in [0.3, 0.4) is 0 Å². The van der Waals surface area contributed by atoms with Crippen LogP contribution < -0.4 is 15.5 Å². The first kappa shape index (κ1) is 22.7. The Morgan fingerprint density at radius 3 is 2.51 bits per heavy atom. The number of hydrogen-bond acceptors (Lipinski definition) is 5. The van der Waals surface area contributed by atoms with Crippen molar-refractivity contribution in [3.8, 4) is 0 Å². The Balaban J connectivity index is 1.29. The maximum Gasteiger partial charge on any atom is 0.258 e. The van der Waals surface area contributed by atoms with Crippen molar-refractivity contribution in [3.63, 3.8) is 0 Å². The van der Waals surface area contributed by atoms with Crippen molar-refractivity contribution in [2.75, 3.05) is 15.5 Å². The number of rotatable bonds is 6. The van der Waals surface area contributed by atoms with Crippen LogP contribution in [0, 0.1) is 6.92 Å². The van der Waals surface area contributed by atoms with Gasteiger partial charge in [-0.1, -0.05) is 31.2 Å². The number of nitrogens with zero attached hydrogens (tertiary/aromatic N) is 3. The van der Waals surface area contributed by atoms with Gasteiger partial charge in [0.25, 0.3) is 5.91 Å². The number of hydrogen-bond donors (Lipinski definition) is 2. The van der Waals surface area contributed by atoms with Crippen LogP contribution in [0.15, 0.2) is 91.3 Å². The first-order chi connectivity index (χ1) is 18.1. The fraction of sp³-hybridized carbons (Fsp3) is 0.129. The van der Waals surface area contributed by atoms with Crippen LogP contribution in [-0.4, -0.2) is 15.9 Å². The molecule has 1 aliphatic rings. The van der Waals surface area contributed by atoms with Gasteiger partial charge in [-0.3, -0.25) is 14.8 Å². The fourth-order valence-corrected chi connectivity index (χ4v) is 5.05. The molecule has 1 aliphatic heterocycles. The molecule has 5 aromatic rings. The number of benzene rings is 3. The molecule has 6 nitrogen and oxygen atoms in total. The third-order valence-electron chi connectivity index (χ3n) is 6.86. The van der Waals surface area contributed by atoms with Gasteiger partial charge in [0.05, 0.1) is 17.7 Å². The number of aryl methyl sites for hydroxylation is 1. The molecule has 6 heteroatoms. The van der Waals surface area contributed by atoms with Gasteiger partial charge in [-0.2, -0.15) is 0 Å². The van der Waals surface area contributed by atoms with E-state index in [-0.39, 0.29) is 5.91 Å². The number of carbonyl (C=O) groups excluding carboxylic acids is 1. The molecule has 0 spiro atoms. The minimum absolute atomic E-state index is 0.0158. The number of pyridine rings is 2. The summed E-state index contributed by atoms with van der Waals surface area (Å²) in [5.41, 5.74) is 9.74. The van der Waals surface area contributed by atoms with Crippen molar-refractivity contribution in [2.45, 2.75) is 26.8 Å². The summed E-state index contributed by atoms with van der Waals surface area (Å²) in [6, 6.07) is 26.0. The Bertz CT molecular complexity index is 1630. The molecule has 0 radical (unpaired) electrons. The van der Waals surface area contributed by atoms with E-state index >= 15 is 0 Å². The Kier molecular flexibility index (Phi) is 5.77. The molecule has 3 heterocycles. The fourth-order valence-electron chi connectivity index (χ4n) is 5.05. The molecular formula is C31H27N5O. The number of fused-ring (bicyclic) bond motifs is 2. The Hall–Kier alpha value is -4.71. The monoisotopic (exact) mass is 485 g/mol. The normalized spacial score (nSPS) is 12.6. The predicted octanol–water partition coefficient (Wildman–Crippen LogP) is 7.15. The Morgan fingerprint density at radius 2 is 1.68 bits per heavy atom. The van der Waals surface area contributed by atoms with Crippen molar-refractivity contribution in [3.05, 3.63) is 114 Å². The van der Waals surface area contributed by atoms with Gasteiger partial charge in [-0.25, -0.2) is 0 Å². The number of carbonyl (C=O) groups is 1. The highest BCUT2D eigenvalue weighted by molar-refractivity contribution is 6.10. The van der Waals surface area contributed by atoms with Gasteiger partial charge in [-0.05, 0) is 79.1 Å². The quantitative estimate of drug-likeness (QED) is 0.267. The van der Waals surface area contributed by atoms with Crippen molar-refractivity contribution >= 4 is 45.2 Å². The number of nitrogens with one attached hydrogen (secondary N) is 2. The van der Waals surface area contributed by atoms with Crippen molar-refractivity contribution in [1.82, 2.24) is 9.97 Å². The van der Waals surface area contributed by atoms with E-state index in [0.29, 0.717) is 6.54 Å². The molecular weight excluding hydrogens is 458 g/mol. The second kappa shape index (κ2) is 9.39. The SMILES string of the molecule is CCc1c(C)nc2ccccc2c1Nc1ccc2c(c1)CN(c1cccc(Nc3ccncc3)c1)C2=O. The van der Waals surface area contributed by atoms with E-state index in [1.165, 1.54) is 5.56 Å². The second-order valence-electron chi connectivity index (χ2n) is 9.22. The maximum absolute atomic E-state index is 13.3. The van der Waals surface area contributed by atoms with Gasteiger partial charge in [-0.15, -0.1) is 0 Å². The van der Waals surface area contributed by atoms with E-state index in [1.807, 2.05) is 71.6 Å². The van der Waals surface area contributed by atoms with Crippen molar-refractivity contribution in [2.24, 2.45) is 0 Å². The molecule has 6 rings (SSSR count). The minimum Gasteiger partial charge on any atom is -0.355 e. The van der Waals surface area contributed by atoms with Gasteiger partial charge in [0.1, 0.15) is 0 Å². The number of amides is 1. The maximum atomic E-state index is 13.3. The van der Waals surface area contributed by atoms with Crippen LogP contribution in [0.1, 0.15) is 34.1 Å². The molecule has 182 valence electrons. The van der Waals surface area contributed by atoms with Crippen LogP contribution in [0.2, 0.25) is 0 Å². The van der Waals surface area contributed by atoms with Crippen LogP contribution >= 0.6 is 0 Å². The molecule has 0 saturated heterocycles. The minimum atomic E-state index is 0.0158. The van der Waals surface area contributed by atoms with E-state index in [1.54, 1.807) is 12.4 Å². The molecule has 2 aromatic heterocycles. The topological polar surface area (TPSA) is 70.2 Å². The molecule has 0 bridgehead atoms. The highest BCUT2D eigenvalue weighted by Crippen LogP contribution is 2.35. The zero-order chi connectivity index (χ0) is 25.4. The lowest BCUT2D eigenvalue weighted by atomic mass is 10.0. The van der Waals surface area contributed by atoms with Crippen molar-refractivity contribution in [1.29, 1.82) is 0 Å². The smallest absolute Gasteiger partial charge is 0.258 e. The predicted molar refractivity (Wildman–Crippen MR) is 150 cm³/mol. The van der Waals surface area contributed by atoms with Gasteiger partial charge < -0.3 is 15.5 Å². The molecule has 0 unspecified atom stereocenters. The number of aromatic nitrogens is 2. The second-order valence-corrected chi connectivity index (χ2v) is 9.22. The summed E-state index contributed by atoms with van der Waals surface area (Å²) in [7, 11) is 0. The lowest BCUT2D eigenvalue weighted by Crippen LogP contribution is -2.22. The largest absolute Gasteiger partial charge is 0.355 e. The van der Waals surface area contributed by atoms with E-state index < -0.39 is 0 Å². The highest BCUT2D eigenvalue weighted by atomic mass is 16.2. The Morgan fingerprint density at radius 1 is 0.865 bits per heavy atom. The first-order valence-electron chi connectivity index (χ1n) is 12.5. The molecule has 0 saturated carbocycles. The summed E-state index contributed by atoms with van der Waals surface area (Å²) in [6.45, 7) is 4.74. The lowest BCUT2D eigenvalue weighted by molar-refractivity contribution is 0.0996. The lowest BCUT2D eigenvalue weighted by Gasteiger charge is -2.17. The summed E-state index contributed by atoms with van der Waals surface area (Å²) in [5, 5.41) is 8.13. The highest BCUT2D eigenvalue weighted by Gasteiger charge is 2.29. The summed E-state index contributed by atoms with van der Waals surface area (Å²) in [5.74, 6) is 0.0158. The van der Waals surface area contributed by atoms with Gasteiger partial charge in [0.15, 0.2) is 0 Å². The summed E-state index contributed by atoms with van der Waals surface area (Å²) >= 11 is 0. The number of anilines is 5. The molecule has 3 aromatic carbocycles. The third-order valence-corrected chi connectivity index (χ3v) is 6.86. The number of para-hydroxylation sites is 1. The van der Waals surface area contributed by atoms with E-state index in [2.05, 4.69) is 41.6 Å². The summed E-state index contributed by atoms with van der Waals surface area (Å²) in [6.07, 6.45) is 4.38. The van der Waals surface area contributed by atoms with Crippen LogP contribution in [0.4, 0.5) is 28.4 Å². The van der Waals surface area contributed by atoms with E-state index in [9.17, 15) is 4.79 Å². The molecule has 0 fully saturated rings. The molecule has 0 aliphatic carbocycles. The van der Waals surface area contributed by atoms with Crippen LogP contribution in [-0.2, 0) is 13.0 Å². The van der Waals surface area contributed by atoms with Gasteiger partial charge >= 0.3 is 0 Å². The molecule has 0 atom stereocenters. The summed E-state index contributed by atoms with van der Waals surface area (Å²) in [4.78, 5) is 24.0. The average molecular weight is 486 g/mol. The van der Waals surface area contributed by atoms with Crippen LogP contribution in [0.5, 0.6) is 0 Å². The molecule has 37 heavy (non-hydrogen) atoms. The summed E-state index contributed by atoms with van der Waals surface area (Å²) < 4.78 is 0. The molecule has 1 amide bonds. The van der Waals surface area contributed by atoms with E-state index in [4.69, 9.17) is 4.98 Å². The van der Waals surface area contributed by atoms with E-state index in [0.717, 1.165) is 62.6 Å². The first-order valence-corrected chi connectivity index (χ1v) is 12.5.